The van der Waals surface area contributed by atoms with Crippen LogP contribution in [-0.4, -0.2) is 37.7 Å². The number of nitrogens with zero attached hydrogens (tertiary/aromatic N) is 1. The van der Waals surface area contributed by atoms with E-state index in [-0.39, 0.29) is 12.6 Å². The molecule has 0 saturated heterocycles. The molecule has 0 spiro atoms. The first-order valence-corrected chi connectivity index (χ1v) is 6.55. The van der Waals surface area contributed by atoms with E-state index in [1.165, 1.54) is 0 Å². The Labute approximate surface area is 117 Å². The largest absolute Gasteiger partial charge is 0.383 e. The number of hydrogen-bond acceptors (Lipinski definition) is 3. The zero-order chi connectivity index (χ0) is 15.3. The molecule has 3 nitrogen and oxygen atoms in total. The molecule has 20 heavy (non-hydrogen) atoms. The predicted molar refractivity (Wildman–Crippen MR) is 71.8 cm³/mol. The monoisotopic (exact) mass is 290 g/mol. The summed E-state index contributed by atoms with van der Waals surface area (Å²) in [5.74, 6) is -3.86. The van der Waals surface area contributed by atoms with Crippen LogP contribution in [-0.2, 0) is 4.74 Å². The van der Waals surface area contributed by atoms with Crippen molar-refractivity contribution in [1.82, 2.24) is 4.90 Å². The second-order valence-corrected chi connectivity index (χ2v) is 4.68. The summed E-state index contributed by atoms with van der Waals surface area (Å²) in [5.41, 5.74) is 6.06. The molecule has 6 heteroatoms. The molecule has 2 atom stereocenters. The molecule has 0 aromatic heterocycles. The summed E-state index contributed by atoms with van der Waals surface area (Å²) in [4.78, 5) is 1.97. The molecule has 0 amide bonds. The summed E-state index contributed by atoms with van der Waals surface area (Å²) in [5, 5.41) is 0. The van der Waals surface area contributed by atoms with E-state index in [0.29, 0.717) is 18.7 Å². The summed E-state index contributed by atoms with van der Waals surface area (Å²) >= 11 is 0. The van der Waals surface area contributed by atoms with Gasteiger partial charge in [0.25, 0.3) is 0 Å². The summed E-state index contributed by atoms with van der Waals surface area (Å²) in [6.45, 7) is 5.13. The first-order chi connectivity index (χ1) is 9.46. The van der Waals surface area contributed by atoms with Gasteiger partial charge >= 0.3 is 0 Å². The lowest BCUT2D eigenvalue weighted by Crippen LogP contribution is -2.42. The standard InChI is InChI=1S/C14H21F3N2O/c1-4-19(9(2)8-20-3)13(7-18)10-5-11(15)14(17)12(16)6-10/h5-6,9,13H,4,7-8,18H2,1-3H3. The number of ether oxygens (including phenoxy) is 1. The summed E-state index contributed by atoms with van der Waals surface area (Å²) in [6, 6.07) is 1.63. The molecule has 0 aliphatic carbocycles. The van der Waals surface area contributed by atoms with Gasteiger partial charge in [-0.1, -0.05) is 6.92 Å². The number of likely N-dealkylation sites (N-methyl/N-ethyl adjacent to an activating group) is 1. The lowest BCUT2D eigenvalue weighted by Gasteiger charge is -2.35. The van der Waals surface area contributed by atoms with Gasteiger partial charge in [-0.3, -0.25) is 4.90 Å². The van der Waals surface area contributed by atoms with Gasteiger partial charge in [0.2, 0.25) is 0 Å². The molecular formula is C14H21F3N2O. The van der Waals surface area contributed by atoms with Crippen LogP contribution < -0.4 is 5.73 Å². The zero-order valence-corrected chi connectivity index (χ0v) is 12.0. The Morgan fingerprint density at radius 2 is 1.80 bits per heavy atom. The average Bonchev–Trinajstić information content (AvgIpc) is 2.41. The predicted octanol–water partition coefficient (Wildman–Crippen LogP) is 2.46. The number of hydrogen-bond donors (Lipinski definition) is 1. The van der Waals surface area contributed by atoms with Gasteiger partial charge in [0.15, 0.2) is 17.5 Å². The molecule has 0 radical (unpaired) electrons. The van der Waals surface area contributed by atoms with E-state index >= 15 is 0 Å². The maximum Gasteiger partial charge on any atom is 0.194 e. The fraction of sp³-hybridized carbons (Fsp3) is 0.571. The third-order valence-electron chi connectivity index (χ3n) is 3.35. The Bertz CT molecular complexity index is 419. The quantitative estimate of drug-likeness (QED) is 0.784. The lowest BCUT2D eigenvalue weighted by atomic mass is 10.0. The smallest absolute Gasteiger partial charge is 0.194 e. The van der Waals surface area contributed by atoms with E-state index in [0.717, 1.165) is 12.1 Å². The van der Waals surface area contributed by atoms with Gasteiger partial charge in [0, 0.05) is 25.7 Å². The molecular weight excluding hydrogens is 269 g/mol. The van der Waals surface area contributed by atoms with Crippen LogP contribution in [0.25, 0.3) is 0 Å². The summed E-state index contributed by atoms with van der Waals surface area (Å²) in [6.07, 6.45) is 0. The Morgan fingerprint density at radius 3 is 2.20 bits per heavy atom. The van der Waals surface area contributed by atoms with Crippen LogP contribution in [0, 0.1) is 17.5 Å². The highest BCUT2D eigenvalue weighted by Gasteiger charge is 2.24. The number of rotatable bonds is 7. The van der Waals surface area contributed by atoms with Crippen LogP contribution in [0.5, 0.6) is 0 Å². The first-order valence-electron chi connectivity index (χ1n) is 6.55. The lowest BCUT2D eigenvalue weighted by molar-refractivity contribution is 0.0749. The molecule has 1 aromatic carbocycles. The molecule has 2 N–H and O–H groups in total. The second-order valence-electron chi connectivity index (χ2n) is 4.68. The molecule has 0 aliphatic heterocycles. The molecule has 0 saturated carbocycles. The fourth-order valence-corrected chi connectivity index (χ4v) is 2.41. The van der Waals surface area contributed by atoms with Crippen molar-refractivity contribution in [3.05, 3.63) is 35.1 Å². The van der Waals surface area contributed by atoms with Crippen molar-refractivity contribution in [1.29, 1.82) is 0 Å². The van der Waals surface area contributed by atoms with E-state index in [9.17, 15) is 13.2 Å². The van der Waals surface area contributed by atoms with Crippen molar-refractivity contribution in [2.75, 3.05) is 26.8 Å². The van der Waals surface area contributed by atoms with E-state index in [2.05, 4.69) is 0 Å². The summed E-state index contributed by atoms with van der Waals surface area (Å²) in [7, 11) is 1.58. The topological polar surface area (TPSA) is 38.5 Å². The number of benzene rings is 1. The highest BCUT2D eigenvalue weighted by Crippen LogP contribution is 2.25. The Morgan fingerprint density at radius 1 is 1.25 bits per heavy atom. The molecule has 1 rings (SSSR count). The minimum Gasteiger partial charge on any atom is -0.383 e. The maximum absolute atomic E-state index is 13.4. The van der Waals surface area contributed by atoms with Crippen molar-refractivity contribution < 1.29 is 17.9 Å². The van der Waals surface area contributed by atoms with Crippen LogP contribution in [0.3, 0.4) is 0 Å². The second kappa shape index (κ2) is 7.61. The zero-order valence-electron chi connectivity index (χ0n) is 12.0. The SMILES string of the molecule is CCN(C(C)COC)C(CN)c1cc(F)c(F)c(F)c1. The van der Waals surface area contributed by atoms with Crippen LogP contribution in [0.1, 0.15) is 25.5 Å². The van der Waals surface area contributed by atoms with E-state index in [4.69, 9.17) is 10.5 Å². The minimum absolute atomic E-state index is 0.0229. The van der Waals surface area contributed by atoms with Gasteiger partial charge in [-0.2, -0.15) is 0 Å². The van der Waals surface area contributed by atoms with Gasteiger partial charge < -0.3 is 10.5 Å². The molecule has 1 aromatic rings. The van der Waals surface area contributed by atoms with Crippen molar-refractivity contribution in [2.24, 2.45) is 5.73 Å². The summed E-state index contributed by atoms with van der Waals surface area (Å²) < 4.78 is 44.8. The van der Waals surface area contributed by atoms with Crippen molar-refractivity contribution in [3.63, 3.8) is 0 Å². The van der Waals surface area contributed by atoms with E-state index in [1.54, 1.807) is 7.11 Å². The highest BCUT2D eigenvalue weighted by atomic mass is 19.2. The average molecular weight is 290 g/mol. The molecule has 114 valence electrons. The normalized spacial score (nSPS) is 14.6. The molecule has 0 fully saturated rings. The first kappa shape index (κ1) is 16.9. The van der Waals surface area contributed by atoms with Gasteiger partial charge in [-0.05, 0) is 31.2 Å². The van der Waals surface area contributed by atoms with Crippen molar-refractivity contribution >= 4 is 0 Å². The fourth-order valence-electron chi connectivity index (χ4n) is 2.41. The Balaban J connectivity index is 3.10. The Kier molecular flexibility index (Phi) is 6.45. The van der Waals surface area contributed by atoms with Crippen LogP contribution in [0.15, 0.2) is 12.1 Å². The number of halogens is 3. The van der Waals surface area contributed by atoms with E-state index in [1.807, 2.05) is 18.7 Å². The third-order valence-corrected chi connectivity index (χ3v) is 3.35. The molecule has 0 aliphatic rings. The van der Waals surface area contributed by atoms with Crippen LogP contribution in [0.2, 0.25) is 0 Å². The maximum atomic E-state index is 13.4. The molecule has 0 heterocycles. The highest BCUT2D eigenvalue weighted by molar-refractivity contribution is 5.23. The van der Waals surface area contributed by atoms with Gasteiger partial charge in [-0.25, -0.2) is 13.2 Å². The van der Waals surface area contributed by atoms with Gasteiger partial charge in [-0.15, -0.1) is 0 Å². The minimum atomic E-state index is -1.46. The van der Waals surface area contributed by atoms with E-state index < -0.39 is 23.5 Å². The number of methoxy groups -OCH3 is 1. The van der Waals surface area contributed by atoms with Crippen LogP contribution >= 0.6 is 0 Å². The van der Waals surface area contributed by atoms with Crippen molar-refractivity contribution in [3.8, 4) is 0 Å². The van der Waals surface area contributed by atoms with Gasteiger partial charge in [0.1, 0.15) is 0 Å². The van der Waals surface area contributed by atoms with Gasteiger partial charge in [0.05, 0.1) is 6.61 Å². The molecule has 2 unspecified atom stereocenters. The van der Waals surface area contributed by atoms with Crippen molar-refractivity contribution in [2.45, 2.75) is 25.9 Å². The third kappa shape index (κ3) is 3.71. The number of nitrogens with two attached hydrogens (primary N) is 1. The Hall–Kier alpha value is -1.11. The molecule has 0 bridgehead atoms. The van der Waals surface area contributed by atoms with Crippen LogP contribution in [0.4, 0.5) is 13.2 Å².